The zero-order valence-corrected chi connectivity index (χ0v) is 14.6. The van der Waals surface area contributed by atoms with Gasteiger partial charge in [0.15, 0.2) is 0 Å². The van der Waals surface area contributed by atoms with Crippen molar-refractivity contribution in [2.75, 3.05) is 6.54 Å². The largest absolute Gasteiger partial charge is 0.374 e. The molecule has 2 aliphatic heterocycles. The molecule has 2 saturated heterocycles. The van der Waals surface area contributed by atoms with E-state index in [1.165, 1.54) is 41.3 Å². The van der Waals surface area contributed by atoms with E-state index in [1.807, 2.05) is 11.3 Å². The maximum atomic E-state index is 6.02. The molecule has 0 spiro atoms. The quantitative estimate of drug-likeness (QED) is 0.836. The summed E-state index contributed by atoms with van der Waals surface area (Å²) in [4.78, 5) is 6.48. The van der Waals surface area contributed by atoms with E-state index in [9.17, 15) is 0 Å². The molecule has 3 rings (SSSR count). The molecule has 21 heavy (non-hydrogen) atoms. The van der Waals surface area contributed by atoms with Crippen LogP contribution in [-0.4, -0.2) is 23.7 Å². The van der Waals surface area contributed by atoms with Crippen LogP contribution in [0.25, 0.3) is 0 Å². The van der Waals surface area contributed by atoms with Crippen LogP contribution >= 0.6 is 11.3 Å². The molecule has 118 valence electrons. The van der Waals surface area contributed by atoms with E-state index in [1.54, 1.807) is 0 Å². The van der Waals surface area contributed by atoms with E-state index in [-0.39, 0.29) is 5.41 Å². The molecule has 1 aromatic rings. The van der Waals surface area contributed by atoms with Crippen molar-refractivity contribution in [2.24, 2.45) is 0 Å². The Morgan fingerprint density at radius 3 is 2.71 bits per heavy atom. The second-order valence-electron chi connectivity index (χ2n) is 7.47. The van der Waals surface area contributed by atoms with Gasteiger partial charge in [-0.2, -0.15) is 0 Å². The summed E-state index contributed by atoms with van der Waals surface area (Å²) in [6.07, 6.45) is 5.78. The molecule has 3 heterocycles. The van der Waals surface area contributed by atoms with E-state index in [0.29, 0.717) is 18.1 Å². The van der Waals surface area contributed by atoms with Gasteiger partial charge in [0.05, 0.1) is 22.9 Å². The van der Waals surface area contributed by atoms with Crippen LogP contribution in [0.5, 0.6) is 0 Å². The average molecular weight is 308 g/mol. The van der Waals surface area contributed by atoms with E-state index in [4.69, 9.17) is 9.72 Å². The molecule has 0 amide bonds. The van der Waals surface area contributed by atoms with Gasteiger partial charge in [-0.25, -0.2) is 4.98 Å². The van der Waals surface area contributed by atoms with Crippen molar-refractivity contribution in [1.29, 1.82) is 0 Å². The van der Waals surface area contributed by atoms with Gasteiger partial charge in [0.1, 0.15) is 0 Å². The summed E-state index contributed by atoms with van der Waals surface area (Å²) in [6.45, 7) is 11.1. The van der Waals surface area contributed by atoms with Gasteiger partial charge in [0.2, 0.25) is 0 Å². The third-order valence-corrected chi connectivity index (χ3v) is 5.75. The summed E-state index contributed by atoms with van der Waals surface area (Å²) in [5, 5.41) is 4.86. The minimum atomic E-state index is 0.121. The molecule has 0 aliphatic carbocycles. The number of fused-ring (bicyclic) bond motifs is 2. The van der Waals surface area contributed by atoms with Gasteiger partial charge in [-0.05, 0) is 32.2 Å². The van der Waals surface area contributed by atoms with Crippen LogP contribution in [0.15, 0.2) is 0 Å². The summed E-state index contributed by atoms with van der Waals surface area (Å²) in [5.41, 5.74) is 1.41. The van der Waals surface area contributed by atoms with Crippen LogP contribution in [0.3, 0.4) is 0 Å². The Morgan fingerprint density at radius 1 is 1.33 bits per heavy atom. The zero-order chi connectivity index (χ0) is 15.0. The smallest absolute Gasteiger partial charge is 0.0989 e. The maximum absolute atomic E-state index is 6.02. The topological polar surface area (TPSA) is 34.1 Å². The first-order valence-corrected chi connectivity index (χ1v) is 9.17. The highest BCUT2D eigenvalue weighted by Gasteiger charge is 2.43. The number of rotatable bonds is 5. The van der Waals surface area contributed by atoms with Crippen LogP contribution in [0.1, 0.15) is 74.9 Å². The van der Waals surface area contributed by atoms with Gasteiger partial charge in [-0.3, -0.25) is 0 Å². The van der Waals surface area contributed by atoms with E-state index < -0.39 is 0 Å². The Hall–Kier alpha value is -0.450. The molecule has 2 aliphatic rings. The molecule has 0 aromatic carbocycles. The summed E-state index contributed by atoms with van der Waals surface area (Å²) >= 11 is 1.92. The van der Waals surface area contributed by atoms with E-state index >= 15 is 0 Å². The average Bonchev–Trinajstić information content (AvgIpc) is 3.12. The number of ether oxygens (including phenoxy) is 1. The molecule has 2 bridgehead atoms. The molecule has 3 atom stereocenters. The second-order valence-corrected chi connectivity index (χ2v) is 8.58. The SMILES string of the molecule is CCCNCc1sc(C2CC3CCC2O3)nc1C(C)(C)C. The second kappa shape index (κ2) is 5.98. The molecule has 3 unspecified atom stereocenters. The first kappa shape index (κ1) is 15.4. The Bertz CT molecular complexity index is 491. The lowest BCUT2D eigenvalue weighted by Gasteiger charge is -2.18. The normalized spacial score (nSPS) is 28.5. The molecule has 1 N–H and O–H groups in total. The molecular weight excluding hydrogens is 280 g/mol. The van der Waals surface area contributed by atoms with Crippen LogP contribution in [0.2, 0.25) is 0 Å². The van der Waals surface area contributed by atoms with Gasteiger partial charge in [0.25, 0.3) is 0 Å². The van der Waals surface area contributed by atoms with Crippen molar-refractivity contribution in [2.45, 2.75) is 83.5 Å². The molecular formula is C17H28N2OS. The number of nitrogens with zero attached hydrogens (tertiary/aromatic N) is 1. The van der Waals surface area contributed by atoms with Gasteiger partial charge in [-0.1, -0.05) is 27.7 Å². The zero-order valence-electron chi connectivity index (χ0n) is 13.7. The van der Waals surface area contributed by atoms with Crippen LogP contribution in [-0.2, 0) is 16.7 Å². The Labute approximate surface area is 132 Å². The van der Waals surface area contributed by atoms with E-state index in [0.717, 1.165) is 13.1 Å². The Kier molecular flexibility index (Phi) is 4.40. The predicted molar refractivity (Wildman–Crippen MR) is 88.1 cm³/mol. The van der Waals surface area contributed by atoms with Crippen molar-refractivity contribution in [3.8, 4) is 0 Å². The van der Waals surface area contributed by atoms with E-state index in [2.05, 4.69) is 33.0 Å². The first-order chi connectivity index (χ1) is 9.99. The van der Waals surface area contributed by atoms with Crippen molar-refractivity contribution >= 4 is 11.3 Å². The van der Waals surface area contributed by atoms with Crippen LogP contribution in [0, 0.1) is 0 Å². The Balaban J connectivity index is 1.81. The fourth-order valence-electron chi connectivity index (χ4n) is 3.51. The summed E-state index contributed by atoms with van der Waals surface area (Å²) in [7, 11) is 0. The maximum Gasteiger partial charge on any atom is 0.0989 e. The van der Waals surface area contributed by atoms with Crippen molar-refractivity contribution in [3.05, 3.63) is 15.6 Å². The minimum Gasteiger partial charge on any atom is -0.374 e. The molecule has 1 aromatic heterocycles. The first-order valence-electron chi connectivity index (χ1n) is 8.35. The fourth-order valence-corrected chi connectivity index (χ4v) is 4.92. The molecule has 3 nitrogen and oxygen atoms in total. The van der Waals surface area contributed by atoms with Crippen LogP contribution < -0.4 is 5.32 Å². The molecule has 2 fully saturated rings. The highest BCUT2D eigenvalue weighted by atomic mass is 32.1. The number of nitrogens with one attached hydrogen (secondary N) is 1. The highest BCUT2D eigenvalue weighted by Crippen LogP contribution is 2.46. The van der Waals surface area contributed by atoms with Gasteiger partial charge >= 0.3 is 0 Å². The van der Waals surface area contributed by atoms with Crippen molar-refractivity contribution in [3.63, 3.8) is 0 Å². The fraction of sp³-hybridized carbons (Fsp3) is 0.824. The predicted octanol–water partition coefficient (Wildman–Crippen LogP) is 3.98. The summed E-state index contributed by atoms with van der Waals surface area (Å²) in [5.74, 6) is 0.551. The molecule has 4 heteroatoms. The van der Waals surface area contributed by atoms with Gasteiger partial charge < -0.3 is 10.1 Å². The third kappa shape index (κ3) is 3.17. The number of hydrogen-bond acceptors (Lipinski definition) is 4. The molecule has 0 saturated carbocycles. The standard InChI is InChI=1S/C17H28N2OS/c1-5-8-18-10-14-15(17(2,3)4)19-16(21-14)12-9-11-6-7-13(12)20-11/h11-13,18H,5-10H2,1-4H3. The van der Waals surface area contributed by atoms with Crippen LogP contribution in [0.4, 0.5) is 0 Å². The van der Waals surface area contributed by atoms with Gasteiger partial charge in [0, 0.05) is 22.8 Å². The highest BCUT2D eigenvalue weighted by molar-refractivity contribution is 7.11. The molecule has 0 radical (unpaired) electrons. The number of thiazole rings is 1. The summed E-state index contributed by atoms with van der Waals surface area (Å²) in [6, 6.07) is 0. The Morgan fingerprint density at radius 2 is 2.14 bits per heavy atom. The third-order valence-electron chi connectivity index (χ3n) is 4.56. The lowest BCUT2D eigenvalue weighted by atomic mass is 9.89. The van der Waals surface area contributed by atoms with Gasteiger partial charge in [-0.15, -0.1) is 11.3 Å². The summed E-state index contributed by atoms with van der Waals surface area (Å²) < 4.78 is 6.02. The van der Waals surface area contributed by atoms with Crippen molar-refractivity contribution in [1.82, 2.24) is 10.3 Å². The monoisotopic (exact) mass is 308 g/mol. The number of hydrogen-bond donors (Lipinski definition) is 1. The number of aromatic nitrogens is 1. The van der Waals surface area contributed by atoms with Crippen molar-refractivity contribution < 1.29 is 4.74 Å². The minimum absolute atomic E-state index is 0.121. The lowest BCUT2D eigenvalue weighted by Crippen LogP contribution is -2.19. The lowest BCUT2D eigenvalue weighted by molar-refractivity contribution is 0.100.